The van der Waals surface area contributed by atoms with Crippen LogP contribution in [0.4, 0.5) is 45.5 Å². The van der Waals surface area contributed by atoms with Crippen LogP contribution < -0.4 is 25.5 Å². The standard InChI is InChI=1S/C70H52BN3/c1-47-33-34-53(50-25-13-6-14-26-50)44-64(47)73-63-42-37-52(49-23-11-5-12-24-49)43-62(63)71-69-66(73)46-60-58-31-19-20-32-61(58)70(2,3)68(60)67(69)59-41-40-57(72(54-27-15-7-16-28-54)55-29-17-8-18-30-55)45-65(59)74(71)56-38-35-51(36-39-56)48-21-9-4-10-22-48/h4-46H,1-3H3. The number of para-hydroxylation sites is 2. The maximum atomic E-state index is 2.67. The molecule has 0 amide bonds. The minimum Gasteiger partial charge on any atom is -0.376 e. The number of aryl methyl sites for hydroxylation is 1. The first-order valence-electron chi connectivity index (χ1n) is 25.9. The topological polar surface area (TPSA) is 9.72 Å². The normalized spacial score (nSPS) is 13.4. The number of hydrogen-bond acceptors (Lipinski definition) is 3. The molecule has 3 aliphatic rings. The van der Waals surface area contributed by atoms with E-state index >= 15 is 0 Å². The molecule has 74 heavy (non-hydrogen) atoms. The van der Waals surface area contributed by atoms with Crippen molar-refractivity contribution in [1.29, 1.82) is 0 Å². The molecule has 11 aromatic carbocycles. The van der Waals surface area contributed by atoms with Crippen molar-refractivity contribution in [3.63, 3.8) is 0 Å². The van der Waals surface area contributed by atoms with Crippen LogP contribution in [0.15, 0.2) is 261 Å². The summed E-state index contributed by atoms with van der Waals surface area (Å²) in [4.78, 5) is 7.69. The summed E-state index contributed by atoms with van der Waals surface area (Å²) in [6.45, 7) is 6.94. The zero-order valence-electron chi connectivity index (χ0n) is 41.7. The molecular weight excluding hydrogens is 894 g/mol. The van der Waals surface area contributed by atoms with Crippen LogP contribution in [0.1, 0.15) is 30.5 Å². The average molecular weight is 946 g/mol. The lowest BCUT2D eigenvalue weighted by Crippen LogP contribution is -2.62. The van der Waals surface area contributed by atoms with Crippen molar-refractivity contribution < 1.29 is 0 Å². The third-order valence-electron chi connectivity index (χ3n) is 15.9. The SMILES string of the molecule is Cc1ccc(-c2ccccc2)cc1N1c2ccc(-c3ccccc3)cc2B2c3c1cc1c(c3-c3ccc(N(c4ccccc4)c4ccccc4)cc3N2c2ccc(-c3ccccc3)cc2)C(C)(C)c2ccccc2-1. The summed E-state index contributed by atoms with van der Waals surface area (Å²) in [5.41, 5.74) is 27.7. The second-order valence-corrected chi connectivity index (χ2v) is 20.5. The number of benzene rings is 11. The quantitative estimate of drug-likeness (QED) is 0.141. The van der Waals surface area contributed by atoms with E-state index in [1.165, 1.54) is 106 Å². The van der Waals surface area contributed by atoms with Gasteiger partial charge in [-0.3, -0.25) is 0 Å². The molecule has 0 fully saturated rings. The Kier molecular flexibility index (Phi) is 10.2. The third kappa shape index (κ3) is 6.90. The smallest absolute Gasteiger partial charge is 0.333 e. The first-order valence-corrected chi connectivity index (χ1v) is 25.9. The van der Waals surface area contributed by atoms with Crippen LogP contribution in [0.2, 0.25) is 0 Å². The van der Waals surface area contributed by atoms with Gasteiger partial charge in [0.2, 0.25) is 0 Å². The van der Waals surface area contributed by atoms with E-state index in [4.69, 9.17) is 0 Å². The molecule has 0 aromatic heterocycles. The molecule has 0 atom stereocenters. The highest BCUT2D eigenvalue weighted by atomic mass is 15.2. The van der Waals surface area contributed by atoms with E-state index in [2.05, 4.69) is 296 Å². The lowest BCUT2D eigenvalue weighted by molar-refractivity contribution is 0.662. The maximum absolute atomic E-state index is 2.67. The minimum atomic E-state index is -0.295. The number of fused-ring (bicyclic) bond motifs is 8. The molecular formula is C70H52BN3. The van der Waals surface area contributed by atoms with Crippen LogP contribution in [-0.4, -0.2) is 6.85 Å². The predicted molar refractivity (Wildman–Crippen MR) is 313 cm³/mol. The molecule has 0 radical (unpaired) electrons. The molecule has 11 aromatic rings. The van der Waals surface area contributed by atoms with Gasteiger partial charge in [-0.2, -0.15) is 0 Å². The predicted octanol–water partition coefficient (Wildman–Crippen LogP) is 17.5. The fourth-order valence-electron chi connectivity index (χ4n) is 12.5. The lowest BCUT2D eigenvalue weighted by Gasteiger charge is -2.47. The van der Waals surface area contributed by atoms with Crippen LogP contribution in [0, 0.1) is 6.92 Å². The summed E-state index contributed by atoms with van der Waals surface area (Å²) < 4.78 is 0. The number of hydrogen-bond donors (Lipinski definition) is 0. The van der Waals surface area contributed by atoms with E-state index < -0.39 is 0 Å². The lowest BCUT2D eigenvalue weighted by atomic mass is 9.42. The fraction of sp³-hybridized carbons (Fsp3) is 0.0571. The fourth-order valence-corrected chi connectivity index (χ4v) is 12.5. The Balaban J connectivity index is 1.12. The molecule has 1 aliphatic carbocycles. The van der Waals surface area contributed by atoms with Crippen LogP contribution in [0.25, 0.3) is 55.6 Å². The molecule has 0 saturated heterocycles. The van der Waals surface area contributed by atoms with Gasteiger partial charge in [0.15, 0.2) is 0 Å². The molecule has 0 unspecified atom stereocenters. The zero-order chi connectivity index (χ0) is 49.5. The van der Waals surface area contributed by atoms with Gasteiger partial charge >= 0.3 is 6.85 Å². The highest BCUT2D eigenvalue weighted by Crippen LogP contribution is 2.58. The Bertz CT molecular complexity index is 3890. The molecule has 4 heteroatoms. The number of nitrogens with zero attached hydrogens (tertiary/aromatic N) is 3. The van der Waals surface area contributed by atoms with Gasteiger partial charge in [-0.25, -0.2) is 0 Å². The van der Waals surface area contributed by atoms with Gasteiger partial charge in [-0.1, -0.05) is 208 Å². The Labute approximate surface area is 435 Å². The minimum absolute atomic E-state index is 0.218. The van der Waals surface area contributed by atoms with E-state index in [1.807, 2.05) is 0 Å². The average Bonchev–Trinajstić information content (AvgIpc) is 3.70. The van der Waals surface area contributed by atoms with Gasteiger partial charge in [0.25, 0.3) is 0 Å². The van der Waals surface area contributed by atoms with E-state index in [-0.39, 0.29) is 12.3 Å². The van der Waals surface area contributed by atoms with Crippen molar-refractivity contribution in [1.82, 2.24) is 0 Å². The van der Waals surface area contributed by atoms with Gasteiger partial charge in [0.1, 0.15) is 0 Å². The molecule has 350 valence electrons. The summed E-state index contributed by atoms with van der Waals surface area (Å²) >= 11 is 0. The summed E-state index contributed by atoms with van der Waals surface area (Å²) in [7, 11) is 0. The molecule has 14 rings (SSSR count). The first kappa shape index (κ1) is 43.7. The molecule has 3 nitrogen and oxygen atoms in total. The summed E-state index contributed by atoms with van der Waals surface area (Å²) in [5, 5.41) is 0. The van der Waals surface area contributed by atoms with Crippen molar-refractivity contribution in [2.45, 2.75) is 26.2 Å². The second-order valence-electron chi connectivity index (χ2n) is 20.5. The van der Waals surface area contributed by atoms with Crippen LogP contribution >= 0.6 is 0 Å². The molecule has 0 N–H and O–H groups in total. The van der Waals surface area contributed by atoms with Crippen LogP contribution in [0.5, 0.6) is 0 Å². The zero-order valence-corrected chi connectivity index (χ0v) is 41.7. The van der Waals surface area contributed by atoms with Crippen molar-refractivity contribution in [3.8, 4) is 55.6 Å². The van der Waals surface area contributed by atoms with E-state index in [0.717, 1.165) is 22.7 Å². The van der Waals surface area contributed by atoms with Gasteiger partial charge < -0.3 is 14.6 Å². The highest BCUT2D eigenvalue weighted by Gasteiger charge is 2.50. The molecule has 0 saturated carbocycles. The molecule has 0 bridgehead atoms. The second kappa shape index (κ2) is 17.3. The van der Waals surface area contributed by atoms with Gasteiger partial charge in [0.05, 0.1) is 0 Å². The first-order chi connectivity index (χ1) is 36.4. The molecule has 2 heterocycles. The third-order valence-corrected chi connectivity index (χ3v) is 15.9. The van der Waals surface area contributed by atoms with E-state index in [9.17, 15) is 0 Å². The molecule has 2 aliphatic heterocycles. The molecule has 0 spiro atoms. The van der Waals surface area contributed by atoms with Gasteiger partial charge in [0, 0.05) is 56.5 Å². The summed E-state index contributed by atoms with van der Waals surface area (Å²) in [6.07, 6.45) is 0. The van der Waals surface area contributed by atoms with Crippen molar-refractivity contribution in [2.75, 3.05) is 14.6 Å². The van der Waals surface area contributed by atoms with E-state index in [0.29, 0.717) is 0 Å². The Morgan fingerprint density at radius 2 is 0.905 bits per heavy atom. The highest BCUT2D eigenvalue weighted by molar-refractivity contribution is 6.93. The Morgan fingerprint density at radius 1 is 0.378 bits per heavy atom. The van der Waals surface area contributed by atoms with E-state index in [1.54, 1.807) is 0 Å². The Hall–Kier alpha value is -9.12. The van der Waals surface area contributed by atoms with Gasteiger partial charge in [-0.05, 0) is 151 Å². The van der Waals surface area contributed by atoms with Crippen molar-refractivity contribution in [3.05, 3.63) is 278 Å². The van der Waals surface area contributed by atoms with Crippen molar-refractivity contribution >= 4 is 63.3 Å². The van der Waals surface area contributed by atoms with Crippen LogP contribution in [-0.2, 0) is 5.41 Å². The largest absolute Gasteiger partial charge is 0.376 e. The maximum Gasteiger partial charge on any atom is 0.333 e. The van der Waals surface area contributed by atoms with Crippen LogP contribution in [0.3, 0.4) is 0 Å². The monoisotopic (exact) mass is 945 g/mol. The Morgan fingerprint density at radius 3 is 1.54 bits per heavy atom. The number of anilines is 8. The number of rotatable bonds is 8. The summed E-state index contributed by atoms with van der Waals surface area (Å²) in [5.74, 6) is 0. The summed E-state index contributed by atoms with van der Waals surface area (Å²) in [6, 6.07) is 96.6. The van der Waals surface area contributed by atoms with Crippen molar-refractivity contribution in [2.24, 2.45) is 0 Å². The van der Waals surface area contributed by atoms with Gasteiger partial charge in [-0.15, -0.1) is 0 Å².